The van der Waals surface area contributed by atoms with Crippen molar-refractivity contribution in [2.75, 3.05) is 18.8 Å². The van der Waals surface area contributed by atoms with Crippen molar-refractivity contribution >= 4 is 15.9 Å². The van der Waals surface area contributed by atoms with Crippen molar-refractivity contribution in [1.82, 2.24) is 18.4 Å². The summed E-state index contributed by atoms with van der Waals surface area (Å²) in [6.07, 6.45) is -2.16. The highest BCUT2D eigenvalue weighted by Gasteiger charge is 2.31. The number of aromatic nitrogens is 3. The van der Waals surface area contributed by atoms with Crippen molar-refractivity contribution in [1.29, 1.82) is 0 Å². The number of nitrogens with one attached hydrogen (secondary N) is 1. The van der Waals surface area contributed by atoms with Crippen LogP contribution in [0.25, 0.3) is 5.69 Å². The number of imidazole rings is 1. The second-order valence-corrected chi connectivity index (χ2v) is 8.96. The van der Waals surface area contributed by atoms with Crippen LogP contribution in [0.4, 0.5) is 18.9 Å². The van der Waals surface area contributed by atoms with Gasteiger partial charge in [-0.1, -0.05) is 0 Å². The molecule has 0 atom stereocenters. The highest BCUT2D eigenvalue weighted by Crippen LogP contribution is 2.26. The van der Waals surface area contributed by atoms with Gasteiger partial charge in [-0.25, -0.2) is 9.36 Å². The van der Waals surface area contributed by atoms with Crippen LogP contribution in [0, 0.1) is 6.92 Å². The second-order valence-electron chi connectivity index (χ2n) is 7.08. The second kappa shape index (κ2) is 8.78. The molecule has 1 aromatic carbocycles. The Morgan fingerprint density at radius 2 is 1.82 bits per heavy atom. The number of alkyl halides is 3. The number of rotatable bonds is 7. The van der Waals surface area contributed by atoms with Crippen LogP contribution in [0.15, 0.2) is 47.5 Å². The zero-order chi connectivity index (χ0) is 24.6. The summed E-state index contributed by atoms with van der Waals surface area (Å²) in [6.45, 7) is 1.35. The lowest BCUT2D eigenvalue weighted by molar-refractivity contribution is -0.274. The van der Waals surface area contributed by atoms with Crippen molar-refractivity contribution in [2.45, 2.75) is 19.8 Å². The van der Waals surface area contributed by atoms with Crippen molar-refractivity contribution in [3.8, 4) is 17.3 Å². The Hall–Kier alpha value is -3.52. The van der Waals surface area contributed by atoms with E-state index in [0.29, 0.717) is 5.56 Å². The van der Waals surface area contributed by atoms with Crippen LogP contribution in [0.3, 0.4) is 0 Å². The van der Waals surface area contributed by atoms with Gasteiger partial charge < -0.3 is 9.84 Å². The molecular formula is C19H20F3N5O5S. The number of pyridine rings is 1. The van der Waals surface area contributed by atoms with Crippen molar-refractivity contribution in [3.05, 3.63) is 64.5 Å². The van der Waals surface area contributed by atoms with Crippen molar-refractivity contribution in [3.63, 3.8) is 0 Å². The van der Waals surface area contributed by atoms with Crippen LogP contribution in [-0.4, -0.2) is 52.4 Å². The fourth-order valence-corrected chi connectivity index (χ4v) is 3.55. The summed E-state index contributed by atoms with van der Waals surface area (Å²) in [6, 6.07) is 5.91. The number of hydrogen-bond donors (Lipinski definition) is 2. The minimum absolute atomic E-state index is 0.108. The lowest BCUT2D eigenvalue weighted by Gasteiger charge is -2.16. The molecule has 0 spiro atoms. The molecule has 0 amide bonds. The van der Waals surface area contributed by atoms with Crippen LogP contribution in [0.1, 0.15) is 11.3 Å². The maximum absolute atomic E-state index is 13.0. The molecular weight excluding hydrogens is 467 g/mol. The normalized spacial score (nSPS) is 12.2. The van der Waals surface area contributed by atoms with E-state index in [9.17, 15) is 31.5 Å². The molecule has 0 aliphatic rings. The van der Waals surface area contributed by atoms with Gasteiger partial charge in [-0.3, -0.25) is 14.3 Å². The predicted octanol–water partition coefficient (Wildman–Crippen LogP) is 2.21. The molecule has 3 aromatic rings. The standard InChI is InChI=1S/C19H20F3N5O5S/c1-12-17(28)27(14-4-6-15(7-5-14)32-19(20,21)22)18(29)26(12)11-13-8-9-23-10-16(13)24-33(30,31)25(2)3/h4-10,24,28H,11H2,1-3H3. The minimum atomic E-state index is -4.86. The summed E-state index contributed by atoms with van der Waals surface area (Å²) in [5.74, 6) is -0.904. The first-order chi connectivity index (χ1) is 15.3. The summed E-state index contributed by atoms with van der Waals surface area (Å²) in [4.78, 5) is 16.9. The van der Waals surface area contributed by atoms with E-state index in [2.05, 4.69) is 14.4 Å². The van der Waals surface area contributed by atoms with Crippen LogP contribution in [-0.2, 0) is 16.8 Å². The Morgan fingerprint density at radius 3 is 2.39 bits per heavy atom. The van der Waals surface area contributed by atoms with E-state index in [0.717, 1.165) is 21.0 Å². The lowest BCUT2D eigenvalue weighted by Crippen LogP contribution is -2.30. The maximum atomic E-state index is 13.0. The molecule has 0 bridgehead atoms. The number of ether oxygens (including phenoxy) is 1. The van der Waals surface area contributed by atoms with Gasteiger partial charge in [0.1, 0.15) is 5.75 Å². The van der Waals surface area contributed by atoms with Gasteiger partial charge in [0.25, 0.3) is 0 Å². The zero-order valence-corrected chi connectivity index (χ0v) is 18.5. The molecule has 0 aliphatic heterocycles. The summed E-state index contributed by atoms with van der Waals surface area (Å²) in [5.41, 5.74) is 0.115. The van der Waals surface area contributed by atoms with Gasteiger partial charge in [0.15, 0.2) is 0 Å². The van der Waals surface area contributed by atoms with Gasteiger partial charge in [-0.15, -0.1) is 13.2 Å². The molecule has 0 aliphatic carbocycles. The average molecular weight is 487 g/mol. The summed E-state index contributed by atoms with van der Waals surface area (Å²) >= 11 is 0. The van der Waals surface area contributed by atoms with Gasteiger partial charge in [-0.2, -0.15) is 12.7 Å². The molecule has 0 fully saturated rings. The third kappa shape index (κ3) is 5.28. The molecule has 2 heterocycles. The third-order valence-corrected chi connectivity index (χ3v) is 6.09. The largest absolute Gasteiger partial charge is 0.573 e. The third-order valence-electron chi connectivity index (χ3n) is 4.65. The van der Waals surface area contributed by atoms with Gasteiger partial charge in [0, 0.05) is 20.3 Å². The Morgan fingerprint density at radius 1 is 1.18 bits per heavy atom. The van der Waals surface area contributed by atoms with E-state index >= 15 is 0 Å². The number of hydrogen-bond acceptors (Lipinski definition) is 6. The van der Waals surface area contributed by atoms with E-state index in [-0.39, 0.29) is 23.6 Å². The number of halogens is 3. The molecule has 0 radical (unpaired) electrons. The molecule has 10 nitrogen and oxygen atoms in total. The first-order valence-corrected chi connectivity index (χ1v) is 10.7. The number of aromatic hydroxyl groups is 1. The highest BCUT2D eigenvalue weighted by molar-refractivity contribution is 7.90. The molecule has 0 saturated carbocycles. The Kier molecular flexibility index (Phi) is 6.42. The van der Waals surface area contributed by atoms with Crippen molar-refractivity contribution < 1.29 is 31.4 Å². The summed E-state index contributed by atoms with van der Waals surface area (Å²) in [7, 11) is -1.15. The average Bonchev–Trinajstić information content (AvgIpc) is 2.92. The molecule has 33 heavy (non-hydrogen) atoms. The fraction of sp³-hybridized carbons (Fsp3) is 0.263. The molecule has 0 unspecified atom stereocenters. The zero-order valence-electron chi connectivity index (χ0n) is 17.7. The smallest absolute Gasteiger partial charge is 0.493 e. The van der Waals surface area contributed by atoms with Gasteiger partial charge >= 0.3 is 22.3 Å². The monoisotopic (exact) mass is 487 g/mol. The minimum Gasteiger partial charge on any atom is -0.493 e. The lowest BCUT2D eigenvalue weighted by atomic mass is 10.2. The number of benzene rings is 1. The first-order valence-electron chi connectivity index (χ1n) is 9.30. The Labute approximate surface area is 186 Å². The number of anilines is 1. The van der Waals surface area contributed by atoms with E-state index < -0.39 is 33.9 Å². The van der Waals surface area contributed by atoms with E-state index in [4.69, 9.17) is 0 Å². The Bertz CT molecular complexity index is 1320. The summed E-state index contributed by atoms with van der Waals surface area (Å²) < 4.78 is 70.7. The van der Waals surface area contributed by atoms with E-state index in [1.54, 1.807) is 0 Å². The maximum Gasteiger partial charge on any atom is 0.573 e. The highest BCUT2D eigenvalue weighted by atomic mass is 32.2. The van der Waals surface area contributed by atoms with Gasteiger partial charge in [0.2, 0.25) is 5.88 Å². The quantitative estimate of drug-likeness (QED) is 0.528. The molecule has 14 heteroatoms. The summed E-state index contributed by atoms with van der Waals surface area (Å²) in [5, 5.41) is 10.5. The number of nitrogens with zero attached hydrogens (tertiary/aromatic N) is 4. The molecule has 2 aromatic heterocycles. The molecule has 3 rings (SSSR count). The SMILES string of the molecule is Cc1c(O)n(-c2ccc(OC(F)(F)F)cc2)c(=O)n1Cc1ccncc1NS(=O)(=O)N(C)C. The van der Waals surface area contributed by atoms with E-state index in [1.807, 2.05) is 0 Å². The molecule has 2 N–H and O–H groups in total. The Balaban J connectivity index is 1.97. The molecule has 0 saturated heterocycles. The van der Waals surface area contributed by atoms with Gasteiger partial charge in [-0.05, 0) is 42.8 Å². The van der Waals surface area contributed by atoms with Crippen LogP contribution in [0.2, 0.25) is 0 Å². The fourth-order valence-electron chi connectivity index (χ4n) is 2.91. The van der Waals surface area contributed by atoms with Crippen LogP contribution in [0.5, 0.6) is 11.6 Å². The van der Waals surface area contributed by atoms with Gasteiger partial charge in [0.05, 0.1) is 29.8 Å². The van der Waals surface area contributed by atoms with Crippen molar-refractivity contribution in [2.24, 2.45) is 0 Å². The van der Waals surface area contributed by atoms with E-state index in [1.165, 1.54) is 56.2 Å². The first kappa shape index (κ1) is 24.1. The van der Waals surface area contributed by atoms with Crippen LogP contribution >= 0.6 is 0 Å². The predicted molar refractivity (Wildman–Crippen MR) is 113 cm³/mol. The molecule has 178 valence electrons. The van der Waals surface area contributed by atoms with Crippen LogP contribution < -0.4 is 15.1 Å². The topological polar surface area (TPSA) is 119 Å².